The van der Waals surface area contributed by atoms with Gasteiger partial charge in [0, 0.05) is 12.8 Å². The van der Waals surface area contributed by atoms with Crippen LogP contribution in [0.25, 0.3) is 0 Å². The quantitative estimate of drug-likeness (QED) is 0.447. The number of aromatic nitrogens is 5. The third-order valence-electron chi connectivity index (χ3n) is 2.38. The molecular formula is C11H16N6OS3. The van der Waals surface area contributed by atoms with E-state index in [1.807, 2.05) is 7.05 Å². The fourth-order valence-electron chi connectivity index (χ4n) is 1.31. The molecule has 0 aliphatic carbocycles. The number of carbonyl (C=O) groups is 1. The molecule has 2 aromatic heterocycles. The molecule has 1 N–H and O–H groups in total. The Hall–Kier alpha value is -1.13. The molecule has 0 saturated heterocycles. The molecule has 0 saturated carbocycles. The summed E-state index contributed by atoms with van der Waals surface area (Å²) in [6.07, 6.45) is 3.92. The summed E-state index contributed by atoms with van der Waals surface area (Å²) < 4.78 is 2.66. The molecule has 2 aromatic rings. The van der Waals surface area contributed by atoms with E-state index in [1.165, 1.54) is 23.1 Å². The number of hydrogen-bond acceptors (Lipinski definition) is 8. The molecule has 0 aliphatic heterocycles. The molecule has 0 unspecified atom stereocenters. The Labute approximate surface area is 135 Å². The molecule has 0 spiro atoms. The Kier molecular flexibility index (Phi) is 6.46. The fourth-order valence-corrected chi connectivity index (χ4v) is 3.92. The molecular weight excluding hydrogens is 328 g/mol. The van der Waals surface area contributed by atoms with Gasteiger partial charge in [-0.15, -0.1) is 20.4 Å². The summed E-state index contributed by atoms with van der Waals surface area (Å²) in [7, 11) is 1.84. The van der Waals surface area contributed by atoms with Gasteiger partial charge in [-0.25, -0.2) is 0 Å². The van der Waals surface area contributed by atoms with Gasteiger partial charge in [-0.05, 0) is 6.42 Å². The highest BCUT2D eigenvalue weighted by atomic mass is 32.2. The minimum absolute atomic E-state index is 0.121. The highest BCUT2D eigenvalue weighted by Gasteiger charge is 2.10. The molecule has 21 heavy (non-hydrogen) atoms. The zero-order valence-corrected chi connectivity index (χ0v) is 14.2. The lowest BCUT2D eigenvalue weighted by Crippen LogP contribution is -2.14. The number of amides is 1. The number of nitrogens with zero attached hydrogens (tertiary/aromatic N) is 5. The van der Waals surface area contributed by atoms with Crippen molar-refractivity contribution in [1.29, 1.82) is 0 Å². The first-order valence-electron chi connectivity index (χ1n) is 6.42. The van der Waals surface area contributed by atoms with Crippen LogP contribution in [0.3, 0.4) is 0 Å². The number of carbonyl (C=O) groups excluding carboxylic acids is 1. The van der Waals surface area contributed by atoms with E-state index in [0.717, 1.165) is 22.9 Å². The van der Waals surface area contributed by atoms with Crippen LogP contribution in [-0.4, -0.2) is 42.4 Å². The van der Waals surface area contributed by atoms with Crippen molar-refractivity contribution in [2.75, 3.05) is 16.8 Å². The molecule has 10 heteroatoms. The van der Waals surface area contributed by atoms with Crippen LogP contribution in [0.1, 0.15) is 19.8 Å². The maximum Gasteiger partial charge on any atom is 0.236 e. The minimum atomic E-state index is -0.121. The normalized spacial score (nSPS) is 10.8. The summed E-state index contributed by atoms with van der Waals surface area (Å²) in [5.74, 6) is 1.18. The molecule has 114 valence electrons. The zero-order chi connectivity index (χ0) is 15.1. The largest absolute Gasteiger partial charge is 0.312 e. The lowest BCUT2D eigenvalue weighted by Gasteiger charge is -2.00. The highest BCUT2D eigenvalue weighted by molar-refractivity contribution is 8.01. The predicted octanol–water partition coefficient (Wildman–Crippen LogP) is 2.29. The van der Waals surface area contributed by atoms with Crippen molar-refractivity contribution >= 4 is 45.9 Å². The second kappa shape index (κ2) is 8.35. The molecule has 7 nitrogen and oxygen atoms in total. The van der Waals surface area contributed by atoms with Gasteiger partial charge < -0.3 is 4.57 Å². The Balaban J connectivity index is 1.76. The van der Waals surface area contributed by atoms with Crippen molar-refractivity contribution in [2.24, 2.45) is 7.05 Å². The molecule has 0 atom stereocenters. The highest BCUT2D eigenvalue weighted by Crippen LogP contribution is 2.26. The van der Waals surface area contributed by atoms with Crippen LogP contribution in [0.2, 0.25) is 0 Å². The smallest absolute Gasteiger partial charge is 0.236 e. The van der Waals surface area contributed by atoms with Gasteiger partial charge in [0.15, 0.2) is 9.50 Å². The number of thioether (sulfide) groups is 2. The number of anilines is 1. The molecule has 2 rings (SSSR count). The Morgan fingerprint density at radius 3 is 2.95 bits per heavy atom. The topological polar surface area (TPSA) is 85.6 Å². The predicted molar refractivity (Wildman–Crippen MR) is 85.9 cm³/mol. The SMILES string of the molecule is CCCCSc1nnc(NC(=O)CSc2nncn2C)s1. The van der Waals surface area contributed by atoms with Gasteiger partial charge in [0.2, 0.25) is 11.0 Å². The van der Waals surface area contributed by atoms with Gasteiger partial charge in [0.25, 0.3) is 0 Å². The average Bonchev–Trinajstić information content (AvgIpc) is 3.06. The number of nitrogens with one attached hydrogen (secondary N) is 1. The standard InChI is InChI=1S/C11H16N6OS3/c1-3-4-5-19-11-16-14-9(21-11)13-8(18)6-20-10-15-12-7-17(10)2/h7H,3-6H2,1-2H3,(H,13,14,18). The first kappa shape index (κ1) is 16.2. The molecule has 0 aromatic carbocycles. The number of rotatable bonds is 8. The number of hydrogen-bond donors (Lipinski definition) is 1. The Morgan fingerprint density at radius 2 is 2.24 bits per heavy atom. The van der Waals surface area contributed by atoms with Crippen LogP contribution in [-0.2, 0) is 11.8 Å². The summed E-state index contributed by atoms with van der Waals surface area (Å²) >= 11 is 4.41. The van der Waals surface area contributed by atoms with E-state index >= 15 is 0 Å². The van der Waals surface area contributed by atoms with E-state index in [9.17, 15) is 4.79 Å². The van der Waals surface area contributed by atoms with Gasteiger partial charge >= 0.3 is 0 Å². The number of unbranched alkanes of at least 4 members (excludes halogenated alkanes) is 1. The van der Waals surface area contributed by atoms with Crippen molar-refractivity contribution in [3.63, 3.8) is 0 Å². The van der Waals surface area contributed by atoms with Crippen LogP contribution in [0.5, 0.6) is 0 Å². The Morgan fingerprint density at radius 1 is 1.38 bits per heavy atom. The van der Waals surface area contributed by atoms with E-state index in [2.05, 4.69) is 32.6 Å². The van der Waals surface area contributed by atoms with Gasteiger partial charge in [0.05, 0.1) is 5.75 Å². The molecule has 0 aliphatic rings. The molecule has 2 heterocycles. The second-order valence-electron chi connectivity index (χ2n) is 4.14. The van der Waals surface area contributed by atoms with Gasteiger partial charge in [-0.2, -0.15) is 0 Å². The minimum Gasteiger partial charge on any atom is -0.312 e. The third-order valence-corrected chi connectivity index (χ3v) is 5.47. The summed E-state index contributed by atoms with van der Waals surface area (Å²) in [5, 5.41) is 19.7. The van der Waals surface area contributed by atoms with Crippen molar-refractivity contribution in [2.45, 2.75) is 29.3 Å². The van der Waals surface area contributed by atoms with Crippen molar-refractivity contribution in [3.8, 4) is 0 Å². The maximum atomic E-state index is 11.8. The van der Waals surface area contributed by atoms with Crippen molar-refractivity contribution in [3.05, 3.63) is 6.33 Å². The Bertz CT molecular complexity index is 584. The van der Waals surface area contributed by atoms with E-state index in [4.69, 9.17) is 0 Å². The first-order chi connectivity index (χ1) is 10.2. The first-order valence-corrected chi connectivity index (χ1v) is 9.20. The molecule has 0 fully saturated rings. The van der Waals surface area contributed by atoms with E-state index in [0.29, 0.717) is 10.3 Å². The van der Waals surface area contributed by atoms with E-state index in [1.54, 1.807) is 22.7 Å². The summed E-state index contributed by atoms with van der Waals surface area (Å²) in [4.78, 5) is 11.8. The van der Waals surface area contributed by atoms with Crippen molar-refractivity contribution in [1.82, 2.24) is 25.0 Å². The van der Waals surface area contributed by atoms with Crippen LogP contribution in [0.15, 0.2) is 15.8 Å². The molecule has 0 bridgehead atoms. The average molecular weight is 344 g/mol. The van der Waals surface area contributed by atoms with Gasteiger partial charge in [0.1, 0.15) is 6.33 Å². The van der Waals surface area contributed by atoms with Crippen LogP contribution in [0.4, 0.5) is 5.13 Å². The van der Waals surface area contributed by atoms with Crippen LogP contribution in [0, 0.1) is 0 Å². The number of aryl methyl sites for hydroxylation is 1. The molecule has 0 radical (unpaired) electrons. The second-order valence-corrected chi connectivity index (χ2v) is 7.40. The summed E-state index contributed by atoms with van der Waals surface area (Å²) in [6, 6.07) is 0. The third kappa shape index (κ3) is 5.29. The van der Waals surface area contributed by atoms with Crippen LogP contribution < -0.4 is 5.32 Å². The lowest BCUT2D eigenvalue weighted by atomic mass is 10.4. The van der Waals surface area contributed by atoms with Gasteiger partial charge in [-0.1, -0.05) is 48.2 Å². The summed E-state index contributed by atoms with van der Waals surface area (Å²) in [5.41, 5.74) is 0. The molecule has 1 amide bonds. The monoisotopic (exact) mass is 344 g/mol. The fraction of sp³-hybridized carbons (Fsp3) is 0.545. The zero-order valence-electron chi connectivity index (χ0n) is 11.8. The van der Waals surface area contributed by atoms with E-state index in [-0.39, 0.29) is 11.7 Å². The lowest BCUT2D eigenvalue weighted by molar-refractivity contribution is -0.113. The van der Waals surface area contributed by atoms with Gasteiger partial charge in [-0.3, -0.25) is 10.1 Å². The maximum absolute atomic E-state index is 11.8. The summed E-state index contributed by atoms with van der Waals surface area (Å²) in [6.45, 7) is 2.15. The van der Waals surface area contributed by atoms with Crippen molar-refractivity contribution < 1.29 is 4.79 Å². The van der Waals surface area contributed by atoms with Crippen LogP contribution >= 0.6 is 34.9 Å². The van der Waals surface area contributed by atoms with E-state index < -0.39 is 0 Å².